The predicted octanol–water partition coefficient (Wildman–Crippen LogP) is 4.72. The number of thiophene rings is 1. The van der Waals surface area contributed by atoms with Crippen molar-refractivity contribution in [3.8, 4) is 0 Å². The lowest BCUT2D eigenvalue weighted by molar-refractivity contribution is -0.938. The number of hydrogen-bond donors (Lipinski definition) is 1. The molecule has 1 N–H and O–H groups in total. The molecule has 3 aliphatic rings. The highest BCUT2D eigenvalue weighted by Gasteiger charge is 2.49. The molecular weight excluding hydrogens is 488 g/mol. The number of piperidine rings is 3. The first-order valence-corrected chi connectivity index (χ1v) is 13.5. The van der Waals surface area contributed by atoms with Crippen molar-refractivity contribution in [2.45, 2.75) is 25.0 Å². The number of ether oxygens (including phenoxy) is 2. The number of carbonyl (C=O) groups is 3. The predicted molar refractivity (Wildman–Crippen MR) is 142 cm³/mol. The van der Waals surface area contributed by atoms with Crippen LogP contribution < -0.4 is 5.32 Å². The zero-order chi connectivity index (χ0) is 25.8. The fraction of sp³-hybridized carbons (Fsp3) is 0.345. The van der Waals surface area contributed by atoms with Crippen molar-refractivity contribution < 1.29 is 28.3 Å². The van der Waals surface area contributed by atoms with Gasteiger partial charge in [0, 0.05) is 35.6 Å². The monoisotopic (exact) mass is 519 g/mol. The normalized spacial score (nSPS) is 23.2. The topological polar surface area (TPSA) is 81.7 Å². The summed E-state index contributed by atoms with van der Waals surface area (Å²) in [7, 11) is 1.33. The van der Waals surface area contributed by atoms with E-state index in [9.17, 15) is 14.4 Å². The van der Waals surface area contributed by atoms with Crippen LogP contribution in [0.25, 0.3) is 0 Å². The zero-order valence-electron chi connectivity index (χ0n) is 20.8. The van der Waals surface area contributed by atoms with Crippen molar-refractivity contribution in [2.75, 3.05) is 38.6 Å². The number of nitrogens with one attached hydrogen (secondary N) is 1. The summed E-state index contributed by atoms with van der Waals surface area (Å²) in [6.45, 7) is 2.87. The quantitative estimate of drug-likeness (QED) is 0.250. The minimum Gasteiger partial charge on any atom is -0.465 e. The summed E-state index contributed by atoms with van der Waals surface area (Å²) in [5.74, 6) is -0.519. The second kappa shape index (κ2) is 10.9. The Morgan fingerprint density at radius 1 is 1.00 bits per heavy atom. The number of Topliss-reactive ketones (excluding diaryl/α,β-unsaturated/α-hetero) is 1. The molecule has 2 aromatic carbocycles. The molecule has 7 nitrogen and oxygen atoms in total. The molecule has 0 amide bonds. The van der Waals surface area contributed by atoms with Gasteiger partial charge in [0.1, 0.15) is 18.0 Å². The summed E-state index contributed by atoms with van der Waals surface area (Å²) in [5, 5.41) is 5.04. The summed E-state index contributed by atoms with van der Waals surface area (Å²) in [5.41, 5.74) is 2.00. The summed E-state index contributed by atoms with van der Waals surface area (Å²) in [6, 6.07) is 19.7. The number of carbonyl (C=O) groups excluding carboxylic acids is 3. The molecule has 8 heteroatoms. The van der Waals surface area contributed by atoms with E-state index in [-0.39, 0.29) is 17.8 Å². The second-order valence-electron chi connectivity index (χ2n) is 9.87. The van der Waals surface area contributed by atoms with Crippen LogP contribution in [0.5, 0.6) is 0 Å². The Bertz CT molecular complexity index is 1250. The number of para-hydroxylation sites is 1. The Labute approximate surface area is 220 Å². The minimum absolute atomic E-state index is 0.121. The van der Waals surface area contributed by atoms with Gasteiger partial charge in [0.2, 0.25) is 5.78 Å². The number of quaternary nitrogens is 1. The third-order valence-corrected chi connectivity index (χ3v) is 8.49. The number of anilines is 1. The van der Waals surface area contributed by atoms with Crippen LogP contribution in [0.4, 0.5) is 5.69 Å². The molecule has 0 aliphatic carbocycles. The van der Waals surface area contributed by atoms with E-state index in [1.54, 1.807) is 11.4 Å². The minimum atomic E-state index is -0.863. The first kappa shape index (κ1) is 25.2. The van der Waals surface area contributed by atoms with Crippen LogP contribution in [0.15, 0.2) is 72.1 Å². The van der Waals surface area contributed by atoms with Gasteiger partial charge in [-0.25, -0.2) is 9.59 Å². The van der Waals surface area contributed by atoms with Crippen molar-refractivity contribution in [3.63, 3.8) is 0 Å². The number of ketones is 1. The van der Waals surface area contributed by atoms with Gasteiger partial charge < -0.3 is 19.3 Å². The Balaban J connectivity index is 1.35. The van der Waals surface area contributed by atoms with E-state index < -0.39 is 18.0 Å². The molecule has 192 valence electrons. The summed E-state index contributed by atoms with van der Waals surface area (Å²) >= 11 is 1.24. The number of hydrogen-bond acceptors (Lipinski definition) is 7. The molecule has 0 unspecified atom stereocenters. The highest BCUT2D eigenvalue weighted by Crippen LogP contribution is 2.37. The van der Waals surface area contributed by atoms with E-state index in [0.29, 0.717) is 28.0 Å². The lowest BCUT2D eigenvalue weighted by Crippen LogP contribution is -2.65. The van der Waals surface area contributed by atoms with E-state index in [1.165, 1.54) is 18.4 Å². The fourth-order valence-corrected chi connectivity index (χ4v) is 6.44. The van der Waals surface area contributed by atoms with Gasteiger partial charge in [-0.3, -0.25) is 4.79 Å². The van der Waals surface area contributed by atoms with Gasteiger partial charge in [-0.2, -0.15) is 0 Å². The van der Waals surface area contributed by atoms with Gasteiger partial charge in [-0.05, 0) is 23.6 Å². The molecule has 3 fully saturated rings. The lowest BCUT2D eigenvalue weighted by Gasteiger charge is -2.51. The number of fused-ring (bicyclic) bond motifs is 3. The van der Waals surface area contributed by atoms with E-state index >= 15 is 0 Å². The molecule has 3 aromatic rings. The van der Waals surface area contributed by atoms with Crippen LogP contribution in [0.1, 0.15) is 44.5 Å². The highest BCUT2D eigenvalue weighted by molar-refractivity contribution is 7.12. The van der Waals surface area contributed by atoms with Crippen molar-refractivity contribution in [1.29, 1.82) is 0 Å². The average molecular weight is 520 g/mol. The van der Waals surface area contributed by atoms with Gasteiger partial charge in [0.15, 0.2) is 12.1 Å². The van der Waals surface area contributed by atoms with Crippen molar-refractivity contribution in [1.82, 2.24) is 0 Å². The molecular formula is C29H31N2O5S+. The van der Waals surface area contributed by atoms with Crippen LogP contribution in [-0.2, 0) is 14.3 Å². The van der Waals surface area contributed by atoms with Crippen LogP contribution in [0.2, 0.25) is 0 Å². The lowest BCUT2D eigenvalue weighted by atomic mass is 9.82. The number of methoxy groups -OCH3 is 1. The molecule has 0 spiro atoms. The van der Waals surface area contributed by atoms with Crippen molar-refractivity contribution in [2.24, 2.45) is 5.92 Å². The Morgan fingerprint density at radius 3 is 2.35 bits per heavy atom. The Kier molecular flexibility index (Phi) is 7.39. The van der Waals surface area contributed by atoms with Crippen LogP contribution >= 0.6 is 11.3 Å². The first-order chi connectivity index (χ1) is 18.0. The van der Waals surface area contributed by atoms with E-state index in [4.69, 9.17) is 9.47 Å². The van der Waals surface area contributed by atoms with Gasteiger partial charge in [0.25, 0.3) is 0 Å². The van der Waals surface area contributed by atoms with Crippen LogP contribution in [0.3, 0.4) is 0 Å². The SMILES string of the molecule is COC(=O)c1sccc1[C@@H](Nc1ccccc1)C(=O)O[C@H]1C[N+]2(CC(=O)c3ccccc3)CCC1CC2. The number of benzene rings is 2. The number of esters is 2. The van der Waals surface area contributed by atoms with E-state index in [0.717, 1.165) is 37.2 Å². The maximum atomic E-state index is 13.7. The Hall–Kier alpha value is -3.49. The molecule has 6 rings (SSSR count). The summed E-state index contributed by atoms with van der Waals surface area (Å²) < 4.78 is 11.8. The summed E-state index contributed by atoms with van der Waals surface area (Å²) in [6.07, 6.45) is 1.56. The van der Waals surface area contributed by atoms with Gasteiger partial charge in [0.05, 0.1) is 20.2 Å². The van der Waals surface area contributed by atoms with Crippen molar-refractivity contribution >= 4 is 34.7 Å². The largest absolute Gasteiger partial charge is 0.465 e. The fourth-order valence-electron chi connectivity index (χ4n) is 5.58. The molecule has 0 radical (unpaired) electrons. The second-order valence-corrected chi connectivity index (χ2v) is 10.8. The molecule has 2 atom stereocenters. The van der Waals surface area contributed by atoms with Crippen LogP contribution in [-0.4, -0.2) is 61.6 Å². The standard InChI is InChI=1S/C29H31N2O5S/c1-35-29(34)27-23(14-17-37-27)26(30-22-10-6-3-7-11-22)28(33)36-25-19-31(15-12-21(25)13-16-31)18-24(32)20-8-4-2-5-9-20/h2-11,14,17,21,25-26,30H,12-13,15-16,18-19H2,1H3/q+1/t21?,25-,26+,31?/m0/s1. The molecule has 4 heterocycles. The number of nitrogens with zero attached hydrogens (tertiary/aromatic N) is 1. The molecule has 1 aromatic heterocycles. The van der Waals surface area contributed by atoms with E-state index in [2.05, 4.69) is 5.32 Å². The third kappa shape index (κ3) is 5.45. The van der Waals surface area contributed by atoms with Gasteiger partial charge in [-0.15, -0.1) is 11.3 Å². The molecule has 2 bridgehead atoms. The first-order valence-electron chi connectivity index (χ1n) is 12.6. The highest BCUT2D eigenvalue weighted by atomic mass is 32.1. The molecule has 3 saturated heterocycles. The van der Waals surface area contributed by atoms with Crippen molar-refractivity contribution in [3.05, 3.63) is 88.1 Å². The maximum Gasteiger partial charge on any atom is 0.348 e. The smallest absolute Gasteiger partial charge is 0.348 e. The third-order valence-electron chi connectivity index (χ3n) is 7.58. The Morgan fingerprint density at radius 2 is 1.68 bits per heavy atom. The number of rotatable bonds is 9. The van der Waals surface area contributed by atoms with E-state index in [1.807, 2.05) is 60.7 Å². The van der Waals surface area contributed by atoms with Gasteiger partial charge >= 0.3 is 11.9 Å². The molecule has 3 aliphatic heterocycles. The average Bonchev–Trinajstić information content (AvgIpc) is 3.42. The molecule has 37 heavy (non-hydrogen) atoms. The zero-order valence-corrected chi connectivity index (χ0v) is 21.6. The van der Waals surface area contributed by atoms with Crippen LogP contribution in [0, 0.1) is 5.92 Å². The maximum absolute atomic E-state index is 13.7. The molecule has 0 saturated carbocycles. The van der Waals surface area contributed by atoms with Gasteiger partial charge in [-0.1, -0.05) is 48.5 Å². The summed E-state index contributed by atoms with van der Waals surface area (Å²) in [4.78, 5) is 39.5.